The Morgan fingerprint density at radius 2 is 2.40 bits per heavy atom. The molecule has 0 saturated heterocycles. The maximum Gasteiger partial charge on any atom is 0.413 e. The van der Waals surface area contributed by atoms with Gasteiger partial charge in [0.2, 0.25) is 0 Å². The van der Waals surface area contributed by atoms with Gasteiger partial charge in [-0.05, 0) is 47.3 Å². The molecule has 1 aromatic heterocycles. The van der Waals surface area contributed by atoms with Crippen LogP contribution in [-0.2, 0) is 4.74 Å². The first-order valence-electron chi connectivity index (χ1n) is 4.84. The SMILES string of the molecule is O=C(Nc1ncccc1Br)OC1CCC1. The molecule has 0 spiro atoms. The van der Waals surface area contributed by atoms with Crippen LogP contribution < -0.4 is 5.32 Å². The molecule has 2 rings (SSSR count). The van der Waals surface area contributed by atoms with Crippen molar-refractivity contribution in [1.29, 1.82) is 0 Å². The quantitative estimate of drug-likeness (QED) is 0.899. The molecule has 15 heavy (non-hydrogen) atoms. The van der Waals surface area contributed by atoms with Crippen LogP contribution in [0.3, 0.4) is 0 Å². The van der Waals surface area contributed by atoms with Crippen LogP contribution in [0.5, 0.6) is 0 Å². The summed E-state index contributed by atoms with van der Waals surface area (Å²) in [5, 5.41) is 2.59. The molecule has 1 heterocycles. The summed E-state index contributed by atoms with van der Waals surface area (Å²) < 4.78 is 5.88. The van der Waals surface area contributed by atoms with Crippen LogP contribution >= 0.6 is 15.9 Å². The van der Waals surface area contributed by atoms with Crippen LogP contribution in [0.15, 0.2) is 22.8 Å². The van der Waals surface area contributed by atoms with E-state index in [1.54, 1.807) is 12.3 Å². The van der Waals surface area contributed by atoms with Crippen molar-refractivity contribution < 1.29 is 9.53 Å². The first-order chi connectivity index (χ1) is 7.25. The lowest BCUT2D eigenvalue weighted by Crippen LogP contribution is -2.28. The topological polar surface area (TPSA) is 51.2 Å². The molecule has 0 bridgehead atoms. The van der Waals surface area contributed by atoms with Gasteiger partial charge < -0.3 is 4.74 Å². The molecule has 1 N–H and O–H groups in total. The average Bonchev–Trinajstić information content (AvgIpc) is 2.16. The number of rotatable bonds is 2. The van der Waals surface area contributed by atoms with Crippen molar-refractivity contribution in [2.24, 2.45) is 0 Å². The predicted molar refractivity (Wildman–Crippen MR) is 59.7 cm³/mol. The third kappa shape index (κ3) is 2.68. The minimum atomic E-state index is -0.431. The van der Waals surface area contributed by atoms with Crippen molar-refractivity contribution in [3.05, 3.63) is 22.8 Å². The summed E-state index contributed by atoms with van der Waals surface area (Å²) in [7, 11) is 0. The molecule has 1 saturated carbocycles. The maximum absolute atomic E-state index is 11.4. The smallest absolute Gasteiger partial charge is 0.413 e. The van der Waals surface area contributed by atoms with E-state index in [0.29, 0.717) is 5.82 Å². The molecule has 0 aliphatic heterocycles. The van der Waals surface area contributed by atoms with Crippen LogP contribution in [0.2, 0.25) is 0 Å². The van der Waals surface area contributed by atoms with Gasteiger partial charge in [0.05, 0.1) is 4.47 Å². The number of aromatic nitrogens is 1. The first kappa shape index (κ1) is 10.4. The Morgan fingerprint density at radius 3 is 3.00 bits per heavy atom. The van der Waals surface area contributed by atoms with Crippen molar-refractivity contribution in [1.82, 2.24) is 4.98 Å². The minimum absolute atomic E-state index is 0.0903. The highest BCUT2D eigenvalue weighted by atomic mass is 79.9. The van der Waals surface area contributed by atoms with Gasteiger partial charge in [-0.1, -0.05) is 0 Å². The van der Waals surface area contributed by atoms with Gasteiger partial charge in [0.25, 0.3) is 0 Å². The number of halogens is 1. The van der Waals surface area contributed by atoms with Crippen molar-refractivity contribution in [2.75, 3.05) is 5.32 Å². The summed E-state index contributed by atoms with van der Waals surface area (Å²) in [6.45, 7) is 0. The van der Waals surface area contributed by atoms with E-state index in [-0.39, 0.29) is 6.10 Å². The summed E-state index contributed by atoms with van der Waals surface area (Å²) >= 11 is 3.29. The number of pyridine rings is 1. The van der Waals surface area contributed by atoms with Gasteiger partial charge in [-0.25, -0.2) is 9.78 Å². The first-order valence-corrected chi connectivity index (χ1v) is 5.63. The molecule has 1 aromatic rings. The van der Waals surface area contributed by atoms with E-state index < -0.39 is 6.09 Å². The predicted octanol–water partition coefficient (Wildman–Crippen LogP) is 2.95. The van der Waals surface area contributed by atoms with Gasteiger partial charge in [-0.2, -0.15) is 0 Å². The maximum atomic E-state index is 11.4. The molecule has 0 unspecified atom stereocenters. The summed E-state index contributed by atoms with van der Waals surface area (Å²) in [5.74, 6) is 0.488. The fourth-order valence-corrected chi connectivity index (χ4v) is 1.60. The molecular formula is C10H11BrN2O2. The Kier molecular flexibility index (Phi) is 3.20. The van der Waals surface area contributed by atoms with Crippen molar-refractivity contribution >= 4 is 27.8 Å². The summed E-state index contributed by atoms with van der Waals surface area (Å²) in [6, 6.07) is 3.60. The molecule has 1 aliphatic rings. The molecule has 0 radical (unpaired) electrons. The van der Waals surface area contributed by atoms with Crippen molar-refractivity contribution in [3.8, 4) is 0 Å². The normalized spacial score (nSPS) is 15.5. The van der Waals surface area contributed by atoms with Crippen LogP contribution in [0.1, 0.15) is 19.3 Å². The highest BCUT2D eigenvalue weighted by Crippen LogP contribution is 2.23. The van der Waals surface area contributed by atoms with Gasteiger partial charge >= 0.3 is 6.09 Å². The van der Waals surface area contributed by atoms with Crippen molar-refractivity contribution in [2.45, 2.75) is 25.4 Å². The highest BCUT2D eigenvalue weighted by molar-refractivity contribution is 9.10. The largest absolute Gasteiger partial charge is 0.446 e. The Bertz CT molecular complexity index is 366. The molecule has 80 valence electrons. The Labute approximate surface area is 96.2 Å². The Balaban J connectivity index is 1.90. The van der Waals surface area contributed by atoms with Crippen LogP contribution in [0.4, 0.5) is 10.6 Å². The highest BCUT2D eigenvalue weighted by Gasteiger charge is 2.21. The number of hydrogen-bond acceptors (Lipinski definition) is 3. The fraction of sp³-hybridized carbons (Fsp3) is 0.400. The Morgan fingerprint density at radius 1 is 1.60 bits per heavy atom. The van der Waals surface area contributed by atoms with Crippen LogP contribution in [0, 0.1) is 0 Å². The number of amides is 1. The van der Waals surface area contributed by atoms with E-state index in [1.807, 2.05) is 6.07 Å². The summed E-state index contributed by atoms with van der Waals surface area (Å²) in [6.07, 6.45) is 4.36. The van der Waals surface area contributed by atoms with Gasteiger partial charge in [-0.15, -0.1) is 0 Å². The van der Waals surface area contributed by atoms with Crippen LogP contribution in [-0.4, -0.2) is 17.2 Å². The lowest BCUT2D eigenvalue weighted by Gasteiger charge is -2.25. The second-order valence-electron chi connectivity index (χ2n) is 3.42. The van der Waals surface area contributed by atoms with E-state index in [9.17, 15) is 4.79 Å². The summed E-state index contributed by atoms with van der Waals surface area (Å²) in [4.78, 5) is 15.4. The van der Waals surface area contributed by atoms with Crippen molar-refractivity contribution in [3.63, 3.8) is 0 Å². The zero-order valence-corrected chi connectivity index (χ0v) is 9.66. The van der Waals surface area contributed by atoms with Gasteiger partial charge in [-0.3, -0.25) is 5.32 Å². The number of carbonyl (C=O) groups is 1. The molecule has 0 aromatic carbocycles. The average molecular weight is 271 g/mol. The monoisotopic (exact) mass is 270 g/mol. The van der Waals surface area contributed by atoms with E-state index in [1.165, 1.54) is 0 Å². The lowest BCUT2D eigenvalue weighted by atomic mass is 9.96. The Hall–Kier alpha value is -1.10. The fourth-order valence-electron chi connectivity index (χ4n) is 1.24. The number of hydrogen-bond donors (Lipinski definition) is 1. The molecule has 1 fully saturated rings. The number of anilines is 1. The summed E-state index contributed by atoms with van der Waals surface area (Å²) in [5.41, 5.74) is 0. The van der Waals surface area contributed by atoms with Gasteiger partial charge in [0, 0.05) is 6.20 Å². The third-order valence-corrected chi connectivity index (χ3v) is 2.94. The molecule has 0 atom stereocenters. The number of nitrogens with one attached hydrogen (secondary N) is 1. The number of nitrogens with zero attached hydrogens (tertiary/aromatic N) is 1. The second kappa shape index (κ2) is 4.61. The van der Waals surface area contributed by atoms with E-state index in [4.69, 9.17) is 4.74 Å². The van der Waals surface area contributed by atoms with E-state index in [2.05, 4.69) is 26.2 Å². The minimum Gasteiger partial charge on any atom is -0.446 e. The van der Waals surface area contributed by atoms with E-state index >= 15 is 0 Å². The number of carbonyl (C=O) groups excluding carboxylic acids is 1. The second-order valence-corrected chi connectivity index (χ2v) is 4.27. The molecule has 4 nitrogen and oxygen atoms in total. The molecule has 1 aliphatic carbocycles. The zero-order chi connectivity index (χ0) is 10.7. The zero-order valence-electron chi connectivity index (χ0n) is 8.07. The van der Waals surface area contributed by atoms with Gasteiger partial charge in [0.15, 0.2) is 0 Å². The van der Waals surface area contributed by atoms with Crippen LogP contribution in [0.25, 0.3) is 0 Å². The molecular weight excluding hydrogens is 260 g/mol. The lowest BCUT2D eigenvalue weighted by molar-refractivity contribution is 0.0623. The number of ether oxygens (including phenoxy) is 1. The third-order valence-electron chi connectivity index (χ3n) is 2.30. The standard InChI is InChI=1S/C10H11BrN2O2/c11-8-5-2-6-12-9(8)13-10(14)15-7-3-1-4-7/h2,5-7H,1,3-4H2,(H,12,13,14). The van der Waals surface area contributed by atoms with Gasteiger partial charge in [0.1, 0.15) is 11.9 Å². The molecule has 5 heteroatoms. The van der Waals surface area contributed by atoms with E-state index in [0.717, 1.165) is 23.7 Å². The molecule has 1 amide bonds.